The molecular formula is C26H34N2O4. The molecular weight excluding hydrogens is 404 g/mol. The van der Waals surface area contributed by atoms with Gasteiger partial charge in [-0.3, -0.25) is 4.99 Å². The van der Waals surface area contributed by atoms with Gasteiger partial charge < -0.3 is 14.8 Å². The summed E-state index contributed by atoms with van der Waals surface area (Å²) in [4.78, 5) is 30.5. The Morgan fingerprint density at radius 1 is 0.938 bits per heavy atom. The van der Waals surface area contributed by atoms with Crippen LogP contribution in [0.5, 0.6) is 0 Å². The van der Waals surface area contributed by atoms with Gasteiger partial charge in [-0.05, 0) is 33.6 Å². The molecule has 0 fully saturated rings. The van der Waals surface area contributed by atoms with E-state index in [1.54, 1.807) is 27.7 Å². The molecule has 0 heterocycles. The zero-order valence-corrected chi connectivity index (χ0v) is 19.8. The Morgan fingerprint density at radius 2 is 1.44 bits per heavy atom. The zero-order valence-electron chi connectivity index (χ0n) is 19.8. The van der Waals surface area contributed by atoms with Crippen molar-refractivity contribution in [3.63, 3.8) is 0 Å². The van der Waals surface area contributed by atoms with Crippen molar-refractivity contribution in [2.45, 2.75) is 59.2 Å². The highest BCUT2D eigenvalue weighted by Gasteiger charge is 2.34. The SMILES string of the molecule is CCOC(=O)[C@@H](N=C(c1ccccc1)c1ccccc1)[C@H](NC(=O)OC(C)(C)C)C(C)C. The number of amides is 1. The van der Waals surface area contributed by atoms with E-state index in [4.69, 9.17) is 14.5 Å². The zero-order chi connectivity index (χ0) is 23.7. The summed E-state index contributed by atoms with van der Waals surface area (Å²) in [6, 6.07) is 17.8. The molecule has 2 rings (SSSR count). The van der Waals surface area contributed by atoms with E-state index < -0.39 is 29.7 Å². The van der Waals surface area contributed by atoms with Gasteiger partial charge in [-0.1, -0.05) is 74.5 Å². The third kappa shape index (κ3) is 7.52. The molecule has 1 N–H and O–H groups in total. The smallest absolute Gasteiger partial charge is 0.407 e. The number of rotatable bonds is 8. The summed E-state index contributed by atoms with van der Waals surface area (Å²) in [6.45, 7) is 11.2. The molecule has 0 saturated carbocycles. The van der Waals surface area contributed by atoms with Crippen LogP contribution >= 0.6 is 0 Å². The van der Waals surface area contributed by atoms with E-state index in [2.05, 4.69) is 5.32 Å². The van der Waals surface area contributed by atoms with Crippen molar-refractivity contribution < 1.29 is 19.1 Å². The number of carbonyl (C=O) groups is 2. The Labute approximate surface area is 191 Å². The van der Waals surface area contributed by atoms with Gasteiger partial charge in [-0.2, -0.15) is 0 Å². The van der Waals surface area contributed by atoms with Crippen LogP contribution in [0.4, 0.5) is 4.79 Å². The Bertz CT molecular complexity index is 861. The molecule has 2 aromatic rings. The van der Waals surface area contributed by atoms with Crippen molar-refractivity contribution in [3.8, 4) is 0 Å². The first-order chi connectivity index (χ1) is 15.1. The molecule has 0 aromatic heterocycles. The van der Waals surface area contributed by atoms with E-state index in [0.29, 0.717) is 5.71 Å². The van der Waals surface area contributed by atoms with Gasteiger partial charge >= 0.3 is 12.1 Å². The molecule has 0 aliphatic rings. The lowest BCUT2D eigenvalue weighted by Gasteiger charge is -2.29. The molecule has 0 aliphatic heterocycles. The first-order valence-corrected chi connectivity index (χ1v) is 11.0. The number of nitrogens with zero attached hydrogens (tertiary/aromatic N) is 1. The summed E-state index contributed by atoms with van der Waals surface area (Å²) in [6.07, 6.45) is -0.596. The molecule has 6 heteroatoms. The number of esters is 1. The van der Waals surface area contributed by atoms with Crippen molar-refractivity contribution in [3.05, 3.63) is 71.8 Å². The van der Waals surface area contributed by atoms with Crippen LogP contribution in [-0.2, 0) is 14.3 Å². The first kappa shape index (κ1) is 25.1. The first-order valence-electron chi connectivity index (χ1n) is 11.0. The van der Waals surface area contributed by atoms with Crippen LogP contribution in [0.1, 0.15) is 52.7 Å². The average Bonchev–Trinajstić information content (AvgIpc) is 2.73. The minimum absolute atomic E-state index is 0.103. The highest BCUT2D eigenvalue weighted by atomic mass is 16.6. The lowest BCUT2D eigenvalue weighted by atomic mass is 9.95. The standard InChI is InChI=1S/C26H34N2O4/c1-7-31-24(29)23(21(18(2)3)28-25(30)32-26(4,5)6)27-22(19-14-10-8-11-15-19)20-16-12-9-13-17-20/h8-18,21,23H,7H2,1-6H3,(H,28,30)/t21-,23+/m1/s1. The number of carbonyl (C=O) groups excluding carboxylic acids is 2. The molecule has 6 nitrogen and oxygen atoms in total. The second kappa shape index (κ2) is 11.5. The number of nitrogens with one attached hydrogen (secondary N) is 1. The predicted octanol–water partition coefficient (Wildman–Crippen LogP) is 5.01. The fourth-order valence-corrected chi connectivity index (χ4v) is 3.21. The van der Waals surface area contributed by atoms with Gasteiger partial charge in [0.2, 0.25) is 0 Å². The Morgan fingerprint density at radius 3 is 1.84 bits per heavy atom. The number of hydrogen-bond donors (Lipinski definition) is 1. The van der Waals surface area contributed by atoms with Crippen molar-refractivity contribution >= 4 is 17.8 Å². The number of alkyl carbamates (subject to hydrolysis) is 1. The molecule has 0 radical (unpaired) electrons. The van der Waals surface area contributed by atoms with Crippen LogP contribution in [0.15, 0.2) is 65.7 Å². The van der Waals surface area contributed by atoms with E-state index in [1.807, 2.05) is 74.5 Å². The van der Waals surface area contributed by atoms with E-state index in [1.165, 1.54) is 0 Å². The van der Waals surface area contributed by atoms with Gasteiger partial charge in [-0.15, -0.1) is 0 Å². The summed E-state index contributed by atoms with van der Waals surface area (Å²) in [5.41, 5.74) is 1.73. The van der Waals surface area contributed by atoms with E-state index in [0.717, 1.165) is 11.1 Å². The van der Waals surface area contributed by atoms with Gasteiger partial charge in [0.05, 0.1) is 18.4 Å². The van der Waals surface area contributed by atoms with E-state index >= 15 is 0 Å². The fourth-order valence-electron chi connectivity index (χ4n) is 3.21. The van der Waals surface area contributed by atoms with Crippen LogP contribution in [0, 0.1) is 5.92 Å². The van der Waals surface area contributed by atoms with Crippen molar-refractivity contribution in [2.75, 3.05) is 6.61 Å². The molecule has 0 unspecified atom stereocenters. The van der Waals surface area contributed by atoms with Crippen LogP contribution in [0.2, 0.25) is 0 Å². The molecule has 2 atom stereocenters. The summed E-state index contributed by atoms with van der Waals surface area (Å²) in [7, 11) is 0. The predicted molar refractivity (Wildman–Crippen MR) is 127 cm³/mol. The summed E-state index contributed by atoms with van der Waals surface area (Å²) >= 11 is 0. The normalized spacial score (nSPS) is 13.1. The van der Waals surface area contributed by atoms with Crippen molar-refractivity contribution in [2.24, 2.45) is 10.9 Å². The molecule has 0 aliphatic carbocycles. The minimum atomic E-state index is -0.946. The van der Waals surface area contributed by atoms with Gasteiger partial charge in [0.1, 0.15) is 5.60 Å². The number of ether oxygens (including phenoxy) is 2. The van der Waals surface area contributed by atoms with E-state index in [9.17, 15) is 9.59 Å². The molecule has 1 amide bonds. The summed E-state index contributed by atoms with van der Waals surface area (Å²) < 4.78 is 10.8. The van der Waals surface area contributed by atoms with Gasteiger partial charge in [-0.25, -0.2) is 9.59 Å². The molecule has 0 spiro atoms. The fraction of sp³-hybridized carbons (Fsp3) is 0.423. The number of aliphatic imine (C=N–C) groups is 1. The summed E-state index contributed by atoms with van der Waals surface area (Å²) in [5, 5.41) is 2.85. The van der Waals surface area contributed by atoms with E-state index in [-0.39, 0.29) is 12.5 Å². The summed E-state index contributed by atoms with van der Waals surface area (Å²) in [5.74, 6) is -0.597. The van der Waals surface area contributed by atoms with Crippen LogP contribution in [0.25, 0.3) is 0 Å². The number of benzene rings is 2. The third-order valence-electron chi connectivity index (χ3n) is 4.63. The molecule has 0 bridgehead atoms. The molecule has 0 saturated heterocycles. The molecule has 32 heavy (non-hydrogen) atoms. The van der Waals surface area contributed by atoms with Gasteiger partial charge in [0.25, 0.3) is 0 Å². The maximum atomic E-state index is 13.0. The van der Waals surface area contributed by atoms with Crippen LogP contribution < -0.4 is 5.32 Å². The average molecular weight is 439 g/mol. The third-order valence-corrected chi connectivity index (χ3v) is 4.63. The molecule has 2 aromatic carbocycles. The Hall–Kier alpha value is -3.15. The van der Waals surface area contributed by atoms with Crippen molar-refractivity contribution in [1.82, 2.24) is 5.32 Å². The van der Waals surface area contributed by atoms with Gasteiger partial charge in [0, 0.05) is 11.1 Å². The number of hydrogen-bond acceptors (Lipinski definition) is 5. The van der Waals surface area contributed by atoms with Crippen LogP contribution in [0.3, 0.4) is 0 Å². The molecule has 172 valence electrons. The van der Waals surface area contributed by atoms with Crippen LogP contribution in [-0.4, -0.2) is 42.1 Å². The van der Waals surface area contributed by atoms with Gasteiger partial charge in [0.15, 0.2) is 6.04 Å². The Kier molecular flexibility index (Phi) is 9.00. The van der Waals surface area contributed by atoms with Crippen molar-refractivity contribution in [1.29, 1.82) is 0 Å². The quantitative estimate of drug-likeness (QED) is 0.464. The Balaban J connectivity index is 2.55. The lowest BCUT2D eigenvalue weighted by Crippen LogP contribution is -2.51. The topological polar surface area (TPSA) is 77.0 Å². The maximum absolute atomic E-state index is 13.0. The lowest BCUT2D eigenvalue weighted by molar-refractivity contribution is -0.145. The minimum Gasteiger partial charge on any atom is -0.464 e. The maximum Gasteiger partial charge on any atom is 0.407 e. The highest BCUT2D eigenvalue weighted by molar-refractivity contribution is 6.13. The largest absolute Gasteiger partial charge is 0.464 e. The highest BCUT2D eigenvalue weighted by Crippen LogP contribution is 2.18. The second-order valence-electron chi connectivity index (χ2n) is 8.82. The second-order valence-corrected chi connectivity index (χ2v) is 8.82. The monoisotopic (exact) mass is 438 g/mol.